The van der Waals surface area contributed by atoms with Crippen LogP contribution in [0.25, 0.3) is 0 Å². The monoisotopic (exact) mass is 266 g/mol. The first-order chi connectivity index (χ1) is 7.36. The van der Waals surface area contributed by atoms with Crippen molar-refractivity contribution < 1.29 is 12.8 Å². The molecule has 0 saturated heterocycles. The van der Waals surface area contributed by atoms with Gasteiger partial charge in [0.2, 0.25) is 10.0 Å². The van der Waals surface area contributed by atoms with Crippen LogP contribution in [0.15, 0.2) is 18.2 Å². The van der Waals surface area contributed by atoms with E-state index in [1.807, 2.05) is 0 Å². The van der Waals surface area contributed by atoms with Gasteiger partial charge < -0.3 is 5.73 Å². The predicted octanol–water partition coefficient (Wildman–Crippen LogP) is 1.57. The van der Waals surface area contributed by atoms with E-state index in [-0.39, 0.29) is 17.3 Å². The molecule has 7 heteroatoms. The molecule has 0 radical (unpaired) electrons. The summed E-state index contributed by atoms with van der Waals surface area (Å²) < 4.78 is 38.5. The van der Waals surface area contributed by atoms with Crippen LogP contribution in [0.3, 0.4) is 0 Å². The lowest BCUT2D eigenvalue weighted by Crippen LogP contribution is -2.31. The van der Waals surface area contributed by atoms with Crippen LogP contribution in [0.2, 0.25) is 5.02 Å². The van der Waals surface area contributed by atoms with Gasteiger partial charge in [-0.3, -0.25) is 4.72 Å². The van der Waals surface area contributed by atoms with Crippen molar-refractivity contribution in [2.24, 2.45) is 5.73 Å². The van der Waals surface area contributed by atoms with Gasteiger partial charge >= 0.3 is 0 Å². The van der Waals surface area contributed by atoms with Crippen LogP contribution >= 0.6 is 11.6 Å². The number of hydrogen-bond acceptors (Lipinski definition) is 3. The van der Waals surface area contributed by atoms with Gasteiger partial charge in [-0.1, -0.05) is 11.6 Å². The molecule has 1 rings (SSSR count). The highest BCUT2D eigenvalue weighted by Crippen LogP contribution is 2.21. The van der Waals surface area contributed by atoms with E-state index < -0.39 is 21.1 Å². The number of nitrogens with one attached hydrogen (secondary N) is 1. The molecule has 0 spiro atoms. The average Bonchev–Trinajstić information content (AvgIpc) is 2.22. The van der Waals surface area contributed by atoms with E-state index in [4.69, 9.17) is 17.3 Å². The highest BCUT2D eigenvalue weighted by Gasteiger charge is 2.20. The zero-order valence-electron chi connectivity index (χ0n) is 8.57. The molecule has 1 atom stereocenters. The van der Waals surface area contributed by atoms with Gasteiger partial charge in [-0.15, -0.1) is 0 Å². The molecule has 0 aliphatic heterocycles. The number of rotatable bonds is 4. The molecule has 0 aliphatic carbocycles. The highest BCUT2D eigenvalue weighted by atomic mass is 35.5. The van der Waals surface area contributed by atoms with Gasteiger partial charge in [-0.2, -0.15) is 0 Å². The molecule has 0 aliphatic rings. The lowest BCUT2D eigenvalue weighted by Gasteiger charge is -2.13. The van der Waals surface area contributed by atoms with Crippen molar-refractivity contribution in [3.63, 3.8) is 0 Å². The molecule has 16 heavy (non-hydrogen) atoms. The van der Waals surface area contributed by atoms with Crippen molar-refractivity contribution in [2.45, 2.75) is 12.2 Å². The second kappa shape index (κ2) is 4.99. The zero-order valence-corrected chi connectivity index (χ0v) is 10.1. The standard InChI is InChI=1S/C9H12ClFN2O2S/c1-6(5-12)16(14,15)13-9-4-7(10)2-3-8(9)11/h2-4,6,13H,5,12H2,1H3. The maximum atomic E-state index is 13.3. The largest absolute Gasteiger partial charge is 0.329 e. The number of sulfonamides is 1. The first kappa shape index (κ1) is 13.2. The minimum Gasteiger partial charge on any atom is -0.329 e. The third-order valence-electron chi connectivity index (χ3n) is 2.04. The normalized spacial score (nSPS) is 13.5. The topological polar surface area (TPSA) is 72.2 Å². The van der Waals surface area contributed by atoms with Gasteiger partial charge in [0.25, 0.3) is 0 Å². The van der Waals surface area contributed by atoms with Crippen LogP contribution in [-0.2, 0) is 10.0 Å². The minimum atomic E-state index is -3.68. The molecule has 1 unspecified atom stereocenters. The van der Waals surface area contributed by atoms with Crippen LogP contribution in [0, 0.1) is 5.82 Å². The maximum absolute atomic E-state index is 13.3. The maximum Gasteiger partial charge on any atom is 0.236 e. The first-order valence-electron chi connectivity index (χ1n) is 4.53. The number of nitrogens with two attached hydrogens (primary N) is 1. The molecule has 3 N–H and O–H groups in total. The van der Waals surface area contributed by atoms with Gasteiger partial charge in [0.1, 0.15) is 5.82 Å². The second-order valence-corrected chi connectivity index (χ2v) is 5.85. The molecule has 1 aromatic carbocycles. The van der Waals surface area contributed by atoms with Crippen LogP contribution in [0.5, 0.6) is 0 Å². The molecular weight excluding hydrogens is 255 g/mol. The summed E-state index contributed by atoms with van der Waals surface area (Å²) in [5, 5.41) is -0.551. The van der Waals surface area contributed by atoms with Gasteiger partial charge in [0, 0.05) is 11.6 Å². The fourth-order valence-electron chi connectivity index (χ4n) is 0.956. The van der Waals surface area contributed by atoms with Gasteiger partial charge in [-0.25, -0.2) is 12.8 Å². The molecule has 1 aromatic rings. The van der Waals surface area contributed by atoms with E-state index in [1.54, 1.807) is 0 Å². The first-order valence-corrected chi connectivity index (χ1v) is 6.46. The molecule has 4 nitrogen and oxygen atoms in total. The summed E-state index contributed by atoms with van der Waals surface area (Å²) in [5.74, 6) is -0.683. The van der Waals surface area contributed by atoms with E-state index in [0.717, 1.165) is 6.07 Å². The molecule has 0 aromatic heterocycles. The van der Waals surface area contributed by atoms with Crippen LogP contribution < -0.4 is 10.5 Å². The predicted molar refractivity (Wildman–Crippen MR) is 62.5 cm³/mol. The number of hydrogen-bond donors (Lipinski definition) is 2. The summed E-state index contributed by atoms with van der Waals surface area (Å²) in [6, 6.07) is 3.63. The van der Waals surface area contributed by atoms with E-state index in [2.05, 4.69) is 4.72 Å². The van der Waals surface area contributed by atoms with Crippen molar-refractivity contribution in [2.75, 3.05) is 11.3 Å². The Balaban J connectivity index is 3.01. The summed E-state index contributed by atoms with van der Waals surface area (Å²) in [5.41, 5.74) is 5.07. The average molecular weight is 267 g/mol. The Morgan fingerprint density at radius 2 is 2.19 bits per heavy atom. The summed E-state index contributed by atoms with van der Waals surface area (Å²) >= 11 is 5.63. The third-order valence-corrected chi connectivity index (χ3v) is 4.03. The molecule has 0 amide bonds. The summed E-state index contributed by atoms with van der Waals surface area (Å²) in [7, 11) is -3.68. The number of benzene rings is 1. The molecule has 90 valence electrons. The molecule has 0 fully saturated rings. The Bertz CT molecular complexity index is 478. The Hall–Kier alpha value is -0.850. The Morgan fingerprint density at radius 1 is 1.56 bits per heavy atom. The van der Waals surface area contributed by atoms with Crippen molar-refractivity contribution in [3.05, 3.63) is 29.0 Å². The fourth-order valence-corrected chi connectivity index (χ4v) is 2.05. The third kappa shape index (κ3) is 3.07. The smallest absolute Gasteiger partial charge is 0.236 e. The lowest BCUT2D eigenvalue weighted by molar-refractivity contribution is 0.587. The SMILES string of the molecule is CC(CN)S(=O)(=O)Nc1cc(Cl)ccc1F. The van der Waals surface area contributed by atoms with Crippen molar-refractivity contribution in [3.8, 4) is 0 Å². The van der Waals surface area contributed by atoms with E-state index in [0.29, 0.717) is 0 Å². The van der Waals surface area contributed by atoms with E-state index in [9.17, 15) is 12.8 Å². The fraction of sp³-hybridized carbons (Fsp3) is 0.333. The second-order valence-electron chi connectivity index (χ2n) is 3.32. The summed E-state index contributed by atoms with van der Waals surface area (Å²) in [6.45, 7) is 1.39. The lowest BCUT2D eigenvalue weighted by atomic mass is 10.3. The van der Waals surface area contributed by atoms with Crippen molar-refractivity contribution >= 4 is 27.3 Å². The van der Waals surface area contributed by atoms with Gasteiger partial charge in [0.15, 0.2) is 0 Å². The van der Waals surface area contributed by atoms with E-state index in [1.165, 1.54) is 19.1 Å². The van der Waals surface area contributed by atoms with Crippen molar-refractivity contribution in [1.29, 1.82) is 0 Å². The molecule has 0 bridgehead atoms. The number of anilines is 1. The quantitative estimate of drug-likeness (QED) is 0.869. The van der Waals surface area contributed by atoms with Gasteiger partial charge in [0.05, 0.1) is 10.9 Å². The highest BCUT2D eigenvalue weighted by molar-refractivity contribution is 7.93. The van der Waals surface area contributed by atoms with Crippen LogP contribution in [-0.4, -0.2) is 20.2 Å². The van der Waals surface area contributed by atoms with Crippen LogP contribution in [0.1, 0.15) is 6.92 Å². The van der Waals surface area contributed by atoms with E-state index >= 15 is 0 Å². The minimum absolute atomic E-state index is 0.0441. The Kier molecular flexibility index (Phi) is 4.12. The molecule has 0 saturated carbocycles. The Labute approximate surface area is 98.6 Å². The zero-order chi connectivity index (χ0) is 12.3. The molecular formula is C9H12ClFN2O2S. The van der Waals surface area contributed by atoms with Crippen LogP contribution in [0.4, 0.5) is 10.1 Å². The number of halogens is 2. The summed E-state index contributed by atoms with van der Waals surface area (Å²) in [4.78, 5) is 0. The van der Waals surface area contributed by atoms with Gasteiger partial charge in [-0.05, 0) is 25.1 Å². The van der Waals surface area contributed by atoms with Crippen molar-refractivity contribution in [1.82, 2.24) is 0 Å². The Morgan fingerprint density at radius 3 is 2.75 bits per heavy atom. The summed E-state index contributed by atoms with van der Waals surface area (Å²) in [6.07, 6.45) is 0. The molecule has 0 heterocycles.